The maximum absolute atomic E-state index is 11.6. The van der Waals surface area contributed by atoms with Crippen LogP contribution in [0.15, 0.2) is 23.3 Å². The fraction of sp³-hybridized carbons (Fsp3) is 0.800. The van der Waals surface area contributed by atoms with Gasteiger partial charge in [0.1, 0.15) is 0 Å². The van der Waals surface area contributed by atoms with Gasteiger partial charge in [0, 0.05) is 5.41 Å². The first-order valence-electron chi connectivity index (χ1n) is 8.84. The summed E-state index contributed by atoms with van der Waals surface area (Å²) in [5.41, 5.74) is 2.67. The normalized spacial score (nSPS) is 42.0. The average Bonchev–Trinajstić information content (AvgIpc) is 2.41. The molecule has 0 amide bonds. The average molecular weight is 288 g/mol. The highest BCUT2D eigenvalue weighted by Crippen LogP contribution is 2.64. The van der Waals surface area contributed by atoms with Crippen molar-refractivity contribution in [2.45, 2.75) is 78.7 Å². The van der Waals surface area contributed by atoms with E-state index in [-0.39, 0.29) is 10.8 Å². The van der Waals surface area contributed by atoms with Crippen molar-refractivity contribution in [1.82, 2.24) is 0 Å². The maximum atomic E-state index is 11.6. The number of fused-ring (bicyclic) bond motifs is 3. The van der Waals surface area contributed by atoms with Gasteiger partial charge in [-0.25, -0.2) is 0 Å². The van der Waals surface area contributed by atoms with Gasteiger partial charge in [-0.15, -0.1) is 0 Å². The van der Waals surface area contributed by atoms with Crippen molar-refractivity contribution in [1.29, 1.82) is 0 Å². The lowest BCUT2D eigenvalue weighted by Crippen LogP contribution is -2.63. The Morgan fingerprint density at radius 2 is 1.90 bits per heavy atom. The van der Waals surface area contributed by atoms with E-state index in [0.29, 0.717) is 11.8 Å². The fourth-order valence-electron chi connectivity index (χ4n) is 5.53. The first-order valence-corrected chi connectivity index (χ1v) is 8.84. The van der Waals surface area contributed by atoms with Crippen LogP contribution in [0.2, 0.25) is 0 Å². The number of hydrogen-bond donors (Lipinski definition) is 1. The van der Waals surface area contributed by atoms with Crippen molar-refractivity contribution < 1.29 is 5.11 Å². The SMILES string of the molecule is CC(C)C1=CC2=CCC3(O)C(C)(C)CCCC3(C)C2CC1. The minimum atomic E-state index is -0.532. The topological polar surface area (TPSA) is 20.2 Å². The minimum Gasteiger partial charge on any atom is -0.388 e. The van der Waals surface area contributed by atoms with E-state index in [2.05, 4.69) is 46.8 Å². The van der Waals surface area contributed by atoms with Crippen LogP contribution < -0.4 is 0 Å². The minimum absolute atomic E-state index is 0.0318. The standard InChI is InChI=1S/C20H32O/c1-14(2)15-7-8-17-16(13-15)9-12-20(21)18(3,4)10-6-11-19(17,20)5/h9,13-14,17,21H,6-8,10-12H2,1-5H3. The molecule has 3 unspecified atom stereocenters. The molecule has 0 aromatic heterocycles. The lowest BCUT2D eigenvalue weighted by Gasteiger charge is -2.63. The molecule has 0 aromatic rings. The summed E-state index contributed by atoms with van der Waals surface area (Å²) in [6, 6.07) is 0. The first-order chi connectivity index (χ1) is 9.71. The van der Waals surface area contributed by atoms with Crippen LogP contribution in [0.3, 0.4) is 0 Å². The van der Waals surface area contributed by atoms with Crippen molar-refractivity contribution in [3.05, 3.63) is 23.3 Å². The van der Waals surface area contributed by atoms with Gasteiger partial charge >= 0.3 is 0 Å². The molecule has 0 aromatic carbocycles. The van der Waals surface area contributed by atoms with Crippen molar-refractivity contribution in [3.63, 3.8) is 0 Å². The van der Waals surface area contributed by atoms with Crippen LogP contribution in [0, 0.1) is 22.7 Å². The Kier molecular flexibility index (Phi) is 3.44. The van der Waals surface area contributed by atoms with Gasteiger partial charge in [0.15, 0.2) is 0 Å². The Hall–Kier alpha value is -0.560. The van der Waals surface area contributed by atoms with Crippen molar-refractivity contribution >= 4 is 0 Å². The predicted octanol–water partition coefficient (Wildman–Crippen LogP) is 5.26. The quantitative estimate of drug-likeness (QED) is 0.698. The summed E-state index contributed by atoms with van der Waals surface area (Å²) in [5, 5.41) is 11.6. The second-order valence-electron chi connectivity index (χ2n) is 8.89. The highest BCUT2D eigenvalue weighted by Gasteiger charge is 2.62. The van der Waals surface area contributed by atoms with E-state index >= 15 is 0 Å². The Morgan fingerprint density at radius 3 is 2.57 bits per heavy atom. The predicted molar refractivity (Wildman–Crippen MR) is 89.0 cm³/mol. The lowest BCUT2D eigenvalue weighted by molar-refractivity contribution is -0.203. The van der Waals surface area contributed by atoms with Crippen LogP contribution >= 0.6 is 0 Å². The third-order valence-electron chi connectivity index (χ3n) is 7.18. The zero-order chi connectivity index (χ0) is 15.5. The molecule has 1 N–H and O–H groups in total. The number of rotatable bonds is 1. The highest BCUT2D eigenvalue weighted by molar-refractivity contribution is 5.37. The van der Waals surface area contributed by atoms with Gasteiger partial charge in [0.2, 0.25) is 0 Å². The Balaban J connectivity index is 2.04. The van der Waals surface area contributed by atoms with Crippen molar-refractivity contribution in [2.75, 3.05) is 0 Å². The molecular weight excluding hydrogens is 256 g/mol. The van der Waals surface area contributed by atoms with Gasteiger partial charge in [-0.2, -0.15) is 0 Å². The molecule has 0 saturated heterocycles. The van der Waals surface area contributed by atoms with Crippen LogP contribution in [0.1, 0.15) is 73.1 Å². The molecule has 1 heteroatoms. The summed E-state index contributed by atoms with van der Waals surface area (Å²) >= 11 is 0. The summed E-state index contributed by atoms with van der Waals surface area (Å²) in [7, 11) is 0. The van der Waals surface area contributed by atoms with Crippen molar-refractivity contribution in [3.8, 4) is 0 Å². The second-order valence-corrected chi connectivity index (χ2v) is 8.89. The van der Waals surface area contributed by atoms with Crippen LogP contribution in [0.4, 0.5) is 0 Å². The number of hydrogen-bond acceptors (Lipinski definition) is 1. The van der Waals surface area contributed by atoms with Crippen LogP contribution in [0.25, 0.3) is 0 Å². The molecular formula is C20H32O. The van der Waals surface area contributed by atoms with Crippen LogP contribution in [-0.4, -0.2) is 10.7 Å². The third kappa shape index (κ3) is 2.00. The van der Waals surface area contributed by atoms with E-state index in [1.165, 1.54) is 31.3 Å². The summed E-state index contributed by atoms with van der Waals surface area (Å²) < 4.78 is 0. The number of aliphatic hydroxyl groups is 1. The maximum Gasteiger partial charge on any atom is 0.0791 e. The van der Waals surface area contributed by atoms with Gasteiger partial charge in [-0.05, 0) is 54.9 Å². The molecule has 3 aliphatic rings. The molecule has 3 atom stereocenters. The molecule has 118 valence electrons. The zero-order valence-electron chi connectivity index (χ0n) is 14.5. The Bertz CT molecular complexity index is 496. The van der Waals surface area contributed by atoms with E-state index in [1.54, 1.807) is 5.57 Å². The molecule has 21 heavy (non-hydrogen) atoms. The van der Waals surface area contributed by atoms with E-state index < -0.39 is 5.60 Å². The summed E-state index contributed by atoms with van der Waals surface area (Å²) in [6.45, 7) is 11.5. The van der Waals surface area contributed by atoms with E-state index in [4.69, 9.17) is 0 Å². The molecule has 1 fully saturated rings. The van der Waals surface area contributed by atoms with E-state index in [0.717, 1.165) is 12.8 Å². The van der Waals surface area contributed by atoms with Crippen LogP contribution in [0.5, 0.6) is 0 Å². The molecule has 1 saturated carbocycles. The second kappa shape index (κ2) is 4.72. The third-order valence-corrected chi connectivity index (χ3v) is 7.18. The molecule has 0 radical (unpaired) electrons. The molecule has 0 aliphatic heterocycles. The van der Waals surface area contributed by atoms with Gasteiger partial charge < -0.3 is 5.11 Å². The molecule has 3 rings (SSSR count). The Labute approximate surface area is 130 Å². The molecule has 0 heterocycles. The fourth-order valence-corrected chi connectivity index (χ4v) is 5.53. The van der Waals surface area contributed by atoms with Gasteiger partial charge in [-0.1, -0.05) is 58.8 Å². The molecule has 3 aliphatic carbocycles. The van der Waals surface area contributed by atoms with E-state index in [9.17, 15) is 5.11 Å². The summed E-state index contributed by atoms with van der Waals surface area (Å²) in [4.78, 5) is 0. The summed E-state index contributed by atoms with van der Waals surface area (Å²) in [5.74, 6) is 1.21. The lowest BCUT2D eigenvalue weighted by atomic mass is 9.44. The smallest absolute Gasteiger partial charge is 0.0791 e. The first kappa shape index (κ1) is 15.3. The van der Waals surface area contributed by atoms with E-state index in [1.807, 2.05) is 0 Å². The number of allylic oxidation sites excluding steroid dienone is 3. The monoisotopic (exact) mass is 288 g/mol. The van der Waals surface area contributed by atoms with Gasteiger partial charge in [0.25, 0.3) is 0 Å². The molecule has 0 bridgehead atoms. The highest BCUT2D eigenvalue weighted by atomic mass is 16.3. The van der Waals surface area contributed by atoms with Crippen molar-refractivity contribution in [2.24, 2.45) is 22.7 Å². The Morgan fingerprint density at radius 1 is 1.19 bits per heavy atom. The molecule has 1 nitrogen and oxygen atoms in total. The van der Waals surface area contributed by atoms with Gasteiger partial charge in [-0.3, -0.25) is 0 Å². The van der Waals surface area contributed by atoms with Crippen LogP contribution in [-0.2, 0) is 0 Å². The summed E-state index contributed by atoms with van der Waals surface area (Å²) in [6.07, 6.45) is 11.7. The molecule has 0 spiro atoms. The largest absolute Gasteiger partial charge is 0.388 e. The van der Waals surface area contributed by atoms with Gasteiger partial charge in [0.05, 0.1) is 5.60 Å². The zero-order valence-corrected chi connectivity index (χ0v) is 14.5.